The van der Waals surface area contributed by atoms with Crippen LogP contribution in [0.15, 0.2) is 60.7 Å². The second-order valence-corrected chi connectivity index (χ2v) is 17.3. The molecule has 6 nitrogen and oxygen atoms in total. The topological polar surface area (TPSA) is 55.4 Å². The smallest absolute Gasteiger partial charge is 0.261 e. The van der Waals surface area contributed by atoms with E-state index in [-0.39, 0.29) is 35.6 Å². The highest BCUT2D eigenvalue weighted by Gasteiger charge is 2.50. The fourth-order valence-electron chi connectivity index (χ4n) is 6.43. The second-order valence-electron chi connectivity index (χ2n) is 13.0. The Bertz CT molecular complexity index is 943. The van der Waals surface area contributed by atoms with E-state index in [1.54, 1.807) is 35.5 Å². The van der Waals surface area contributed by atoms with Gasteiger partial charge in [0.2, 0.25) is 0 Å². The number of rotatable bonds is 23. The molecule has 0 amide bonds. The second kappa shape index (κ2) is 20.5. The quantitative estimate of drug-likeness (QED) is 0.0959. The highest BCUT2D eigenvalue weighted by atomic mass is 28.4. The third-order valence-electron chi connectivity index (χ3n) is 9.07. The molecule has 0 fully saturated rings. The van der Waals surface area contributed by atoms with Gasteiger partial charge in [0.15, 0.2) is 0 Å². The molecule has 0 saturated heterocycles. The normalized spacial score (nSPS) is 15.9. The number of hydrogen-bond donors (Lipinski definition) is 0. The van der Waals surface area contributed by atoms with E-state index in [9.17, 15) is 0 Å². The van der Waals surface area contributed by atoms with E-state index in [4.69, 9.17) is 28.1 Å². The van der Waals surface area contributed by atoms with Crippen LogP contribution in [-0.2, 0) is 28.1 Å². The molecule has 0 aliphatic rings. The van der Waals surface area contributed by atoms with E-state index in [0.29, 0.717) is 6.61 Å². The molecule has 0 N–H and O–H groups in total. The summed E-state index contributed by atoms with van der Waals surface area (Å²) in [5.41, 5.74) is 0. The van der Waals surface area contributed by atoms with Crippen LogP contribution in [-0.4, -0.2) is 81.0 Å². The minimum atomic E-state index is -2.59. The zero-order valence-electron chi connectivity index (χ0n) is 29.2. The number of methoxy groups -OCH3 is 5. The first-order chi connectivity index (χ1) is 21.2. The van der Waals surface area contributed by atoms with Crippen LogP contribution in [0, 0.1) is 0 Å². The van der Waals surface area contributed by atoms with Crippen LogP contribution in [0.5, 0.6) is 0 Å². The highest BCUT2D eigenvalue weighted by Crippen LogP contribution is 2.37. The van der Waals surface area contributed by atoms with Crippen LogP contribution in [0.25, 0.3) is 0 Å². The molecule has 0 radical (unpaired) electrons. The van der Waals surface area contributed by atoms with Gasteiger partial charge in [0.05, 0.1) is 30.5 Å². The van der Waals surface area contributed by atoms with Crippen molar-refractivity contribution < 1.29 is 28.1 Å². The van der Waals surface area contributed by atoms with Crippen LogP contribution >= 0.6 is 0 Å². The fraction of sp³-hybridized carbons (Fsp3) is 0.676. The van der Waals surface area contributed by atoms with Crippen LogP contribution in [0.1, 0.15) is 85.5 Å². The summed E-state index contributed by atoms with van der Waals surface area (Å²) in [5, 5.41) is 2.52. The summed E-state index contributed by atoms with van der Waals surface area (Å²) in [6.07, 6.45) is 8.99. The number of hydrogen-bond acceptors (Lipinski definition) is 6. The molecule has 0 bridgehead atoms. The molecule has 5 atom stereocenters. The van der Waals surface area contributed by atoms with Crippen molar-refractivity contribution >= 4 is 18.7 Å². The minimum absolute atomic E-state index is 0.00181. The molecule has 0 aliphatic carbocycles. The van der Waals surface area contributed by atoms with Crippen LogP contribution in [0.4, 0.5) is 0 Å². The zero-order chi connectivity index (χ0) is 32.4. The third kappa shape index (κ3) is 11.7. The molecule has 2 aromatic rings. The molecule has 2 aromatic carbocycles. The highest BCUT2D eigenvalue weighted by molar-refractivity contribution is 6.99. The summed E-state index contributed by atoms with van der Waals surface area (Å²) in [6, 6.07) is 21.6. The lowest BCUT2D eigenvalue weighted by molar-refractivity contribution is -0.0443. The van der Waals surface area contributed by atoms with Crippen LogP contribution in [0.2, 0.25) is 5.04 Å². The summed E-state index contributed by atoms with van der Waals surface area (Å²) in [5.74, 6) is 0. The Morgan fingerprint density at radius 2 is 0.932 bits per heavy atom. The molecule has 0 spiro atoms. The molecule has 7 heteroatoms. The van der Waals surface area contributed by atoms with E-state index in [0.717, 1.165) is 38.5 Å². The molecule has 0 saturated carbocycles. The van der Waals surface area contributed by atoms with Crippen molar-refractivity contribution in [1.29, 1.82) is 0 Å². The predicted octanol–water partition coefficient (Wildman–Crippen LogP) is 7.17. The van der Waals surface area contributed by atoms with Crippen molar-refractivity contribution in [2.45, 2.75) is 121 Å². The van der Waals surface area contributed by atoms with E-state index in [1.807, 2.05) is 0 Å². The monoisotopic (exact) mass is 630 g/mol. The standard InChI is InChI=1S/C37H62O6Si/c1-10-11-14-19-30(38-5)26-32(40-7)28-34(42-9)29-33(41-8)27-31(39-6)24-25-43-44(37(2,3)4,35-20-15-12-16-21-35)36-22-17-13-18-23-36/h12-13,15-18,20-23,30-34H,10-11,14,19,24-29H2,1-9H3/t30-,31+,32-,33+,34-/m1/s1. The number of ether oxygens (including phenoxy) is 5. The third-order valence-corrected chi connectivity index (χ3v) is 14.1. The molecule has 0 unspecified atom stereocenters. The Balaban J connectivity index is 2.07. The first-order valence-corrected chi connectivity index (χ1v) is 18.5. The van der Waals surface area contributed by atoms with Gasteiger partial charge in [0, 0.05) is 42.2 Å². The maximum atomic E-state index is 7.13. The molecule has 0 aromatic heterocycles. The predicted molar refractivity (Wildman–Crippen MR) is 185 cm³/mol. The Hall–Kier alpha value is -1.58. The lowest BCUT2D eigenvalue weighted by Gasteiger charge is -2.43. The largest absolute Gasteiger partial charge is 0.407 e. The van der Waals surface area contributed by atoms with E-state index >= 15 is 0 Å². The number of benzene rings is 2. The molecule has 2 rings (SSSR count). The van der Waals surface area contributed by atoms with Crippen molar-refractivity contribution in [3.8, 4) is 0 Å². The van der Waals surface area contributed by atoms with Gasteiger partial charge in [-0.2, -0.15) is 0 Å². The van der Waals surface area contributed by atoms with Gasteiger partial charge >= 0.3 is 0 Å². The van der Waals surface area contributed by atoms with Gasteiger partial charge in [-0.3, -0.25) is 0 Å². The summed E-state index contributed by atoms with van der Waals surface area (Å²) < 4.78 is 36.7. The van der Waals surface area contributed by atoms with Crippen molar-refractivity contribution in [3.05, 3.63) is 60.7 Å². The molecular weight excluding hydrogens is 568 g/mol. The van der Waals surface area contributed by atoms with Gasteiger partial charge in [-0.25, -0.2) is 0 Å². The maximum Gasteiger partial charge on any atom is 0.261 e. The van der Waals surface area contributed by atoms with Gasteiger partial charge in [0.1, 0.15) is 0 Å². The summed E-state index contributed by atoms with van der Waals surface area (Å²) >= 11 is 0. The summed E-state index contributed by atoms with van der Waals surface area (Å²) in [6.45, 7) is 9.77. The zero-order valence-corrected chi connectivity index (χ0v) is 30.2. The van der Waals surface area contributed by atoms with Crippen molar-refractivity contribution in [3.63, 3.8) is 0 Å². The molecule has 0 aliphatic heterocycles. The lowest BCUT2D eigenvalue weighted by atomic mass is 9.96. The Kier molecular flexibility index (Phi) is 18.0. The van der Waals surface area contributed by atoms with Gasteiger partial charge < -0.3 is 28.1 Å². The molecule has 44 heavy (non-hydrogen) atoms. The van der Waals surface area contributed by atoms with Gasteiger partial charge in [0.25, 0.3) is 8.32 Å². The van der Waals surface area contributed by atoms with Crippen molar-refractivity contribution in [2.75, 3.05) is 42.2 Å². The summed E-state index contributed by atoms with van der Waals surface area (Å²) in [7, 11) is 6.36. The minimum Gasteiger partial charge on any atom is -0.407 e. The van der Waals surface area contributed by atoms with Gasteiger partial charge in [-0.05, 0) is 53.9 Å². The molecule has 250 valence electrons. The van der Waals surface area contributed by atoms with Crippen molar-refractivity contribution in [1.82, 2.24) is 0 Å². The maximum absolute atomic E-state index is 7.13. The molecular formula is C37H62O6Si. The van der Waals surface area contributed by atoms with E-state index in [2.05, 4.69) is 88.4 Å². The average molecular weight is 631 g/mol. The lowest BCUT2D eigenvalue weighted by Crippen LogP contribution is -2.66. The van der Waals surface area contributed by atoms with E-state index in [1.165, 1.54) is 29.6 Å². The van der Waals surface area contributed by atoms with Crippen LogP contribution < -0.4 is 10.4 Å². The van der Waals surface area contributed by atoms with Gasteiger partial charge in [-0.15, -0.1) is 0 Å². The van der Waals surface area contributed by atoms with Crippen molar-refractivity contribution in [2.24, 2.45) is 0 Å². The average Bonchev–Trinajstić information content (AvgIpc) is 3.04. The first kappa shape index (κ1) is 38.6. The van der Waals surface area contributed by atoms with E-state index < -0.39 is 8.32 Å². The SMILES string of the molecule is CCCCC[C@H](C[C@H](C[C@H](C[C@H](C[C@H](CCO[Si](c1ccccc1)(c1ccccc1)C(C)(C)C)OC)OC)OC)OC)OC. The van der Waals surface area contributed by atoms with Crippen LogP contribution in [0.3, 0.4) is 0 Å². The molecule has 0 heterocycles. The Labute approximate surface area is 270 Å². The Morgan fingerprint density at radius 1 is 0.545 bits per heavy atom. The fourth-order valence-corrected chi connectivity index (χ4v) is 11.0. The number of unbranched alkanes of at least 4 members (excludes halogenated alkanes) is 2. The first-order valence-electron chi connectivity index (χ1n) is 16.6. The summed E-state index contributed by atoms with van der Waals surface area (Å²) in [4.78, 5) is 0. The van der Waals surface area contributed by atoms with Gasteiger partial charge in [-0.1, -0.05) is 108 Å². The Morgan fingerprint density at radius 3 is 1.30 bits per heavy atom.